The molecule has 1 aliphatic heterocycles. The molecule has 0 bridgehead atoms. The molecule has 1 heterocycles. The Labute approximate surface area is 140 Å². The Balaban J connectivity index is 1.57. The van der Waals surface area contributed by atoms with Crippen LogP contribution in [0.3, 0.4) is 0 Å². The molecule has 23 heavy (non-hydrogen) atoms. The lowest BCUT2D eigenvalue weighted by molar-refractivity contribution is -0.132. The molecule has 2 fully saturated rings. The maximum absolute atomic E-state index is 12.7. The van der Waals surface area contributed by atoms with E-state index >= 15 is 0 Å². The highest BCUT2D eigenvalue weighted by molar-refractivity contribution is 5.77. The smallest absolute Gasteiger partial charge is 0.223 e. The highest BCUT2D eigenvalue weighted by Crippen LogP contribution is 2.34. The summed E-state index contributed by atoms with van der Waals surface area (Å²) in [5.41, 5.74) is 1.24. The molecule has 1 atom stereocenters. The number of ether oxygens (including phenoxy) is 1. The Morgan fingerprint density at radius 3 is 2.52 bits per heavy atom. The van der Waals surface area contributed by atoms with Crippen molar-refractivity contribution in [1.29, 1.82) is 0 Å². The second-order valence-corrected chi connectivity index (χ2v) is 7.06. The van der Waals surface area contributed by atoms with Crippen molar-refractivity contribution in [3.63, 3.8) is 0 Å². The summed E-state index contributed by atoms with van der Waals surface area (Å²) >= 11 is 0. The number of amides is 1. The van der Waals surface area contributed by atoms with Gasteiger partial charge in [-0.25, -0.2) is 0 Å². The van der Waals surface area contributed by atoms with E-state index in [2.05, 4.69) is 17.0 Å². The zero-order valence-corrected chi connectivity index (χ0v) is 14.3. The van der Waals surface area contributed by atoms with E-state index in [1.807, 2.05) is 12.1 Å². The van der Waals surface area contributed by atoms with Crippen LogP contribution in [0.15, 0.2) is 24.3 Å². The summed E-state index contributed by atoms with van der Waals surface area (Å²) in [6.07, 6.45) is 10.8. The van der Waals surface area contributed by atoms with E-state index in [1.54, 1.807) is 7.11 Å². The third kappa shape index (κ3) is 4.07. The van der Waals surface area contributed by atoms with Crippen LogP contribution in [0.4, 0.5) is 0 Å². The number of carbonyl (C=O) groups is 1. The molecule has 1 saturated heterocycles. The van der Waals surface area contributed by atoms with Crippen LogP contribution >= 0.6 is 0 Å². The Bertz CT molecular complexity index is 505. The van der Waals surface area contributed by atoms with Gasteiger partial charge in [0.1, 0.15) is 5.75 Å². The van der Waals surface area contributed by atoms with E-state index in [9.17, 15) is 4.79 Å². The Morgan fingerprint density at radius 2 is 1.83 bits per heavy atom. The normalized spacial score (nSPS) is 22.3. The van der Waals surface area contributed by atoms with Crippen molar-refractivity contribution in [3.8, 4) is 5.75 Å². The van der Waals surface area contributed by atoms with Crippen LogP contribution in [0.1, 0.15) is 69.4 Å². The number of benzene rings is 1. The van der Waals surface area contributed by atoms with Crippen molar-refractivity contribution in [3.05, 3.63) is 29.8 Å². The van der Waals surface area contributed by atoms with Gasteiger partial charge < -0.3 is 9.64 Å². The molecule has 0 N–H and O–H groups in total. The first-order valence-corrected chi connectivity index (χ1v) is 9.21. The predicted molar refractivity (Wildman–Crippen MR) is 92.5 cm³/mol. The third-order valence-electron chi connectivity index (χ3n) is 5.56. The van der Waals surface area contributed by atoms with Gasteiger partial charge in [0.25, 0.3) is 0 Å². The average molecular weight is 315 g/mol. The molecule has 1 amide bonds. The standard InChI is InChI=1S/C20H29NO2/c1-23-18-12-10-17(11-13-18)19-8-5-15-21(19)20(22)14-9-16-6-3-2-4-7-16/h10-13,16,19H,2-9,14-15H2,1H3. The van der Waals surface area contributed by atoms with Crippen LogP contribution in [-0.2, 0) is 4.79 Å². The van der Waals surface area contributed by atoms with Gasteiger partial charge in [-0.3, -0.25) is 4.79 Å². The minimum atomic E-state index is 0.264. The van der Waals surface area contributed by atoms with Crippen LogP contribution in [0.5, 0.6) is 5.75 Å². The maximum Gasteiger partial charge on any atom is 0.223 e. The van der Waals surface area contributed by atoms with Crippen molar-refractivity contribution < 1.29 is 9.53 Å². The molecule has 0 radical (unpaired) electrons. The number of likely N-dealkylation sites (tertiary alicyclic amines) is 1. The highest BCUT2D eigenvalue weighted by atomic mass is 16.5. The lowest BCUT2D eigenvalue weighted by Crippen LogP contribution is -2.30. The summed E-state index contributed by atoms with van der Waals surface area (Å²) in [5, 5.41) is 0. The molecule has 2 aliphatic rings. The monoisotopic (exact) mass is 315 g/mol. The zero-order valence-electron chi connectivity index (χ0n) is 14.3. The van der Waals surface area contributed by atoms with Gasteiger partial charge in [-0.2, -0.15) is 0 Å². The summed E-state index contributed by atoms with van der Waals surface area (Å²) in [7, 11) is 1.69. The maximum atomic E-state index is 12.7. The minimum absolute atomic E-state index is 0.264. The molecule has 3 nitrogen and oxygen atoms in total. The van der Waals surface area contributed by atoms with Crippen molar-refractivity contribution >= 4 is 5.91 Å². The Morgan fingerprint density at radius 1 is 1.09 bits per heavy atom. The van der Waals surface area contributed by atoms with Gasteiger partial charge >= 0.3 is 0 Å². The molecule has 1 unspecified atom stereocenters. The van der Waals surface area contributed by atoms with Gasteiger partial charge in [-0.15, -0.1) is 0 Å². The van der Waals surface area contributed by atoms with Crippen LogP contribution in [0.2, 0.25) is 0 Å². The number of nitrogens with zero attached hydrogens (tertiary/aromatic N) is 1. The number of hydrogen-bond donors (Lipinski definition) is 0. The van der Waals surface area contributed by atoms with Crippen molar-refractivity contribution in [2.24, 2.45) is 5.92 Å². The first-order chi connectivity index (χ1) is 11.3. The summed E-state index contributed by atoms with van der Waals surface area (Å²) in [6.45, 7) is 0.917. The topological polar surface area (TPSA) is 29.5 Å². The molecule has 1 saturated carbocycles. The van der Waals surface area contributed by atoms with E-state index in [-0.39, 0.29) is 6.04 Å². The predicted octanol–water partition coefficient (Wildman–Crippen LogP) is 4.72. The molecule has 0 aromatic heterocycles. The summed E-state index contributed by atoms with van der Waals surface area (Å²) < 4.78 is 5.23. The molecule has 1 aliphatic carbocycles. The van der Waals surface area contributed by atoms with Gasteiger partial charge in [-0.05, 0) is 42.9 Å². The zero-order chi connectivity index (χ0) is 16.1. The SMILES string of the molecule is COc1ccc(C2CCCN2C(=O)CCC2CCCCC2)cc1. The number of rotatable bonds is 5. The van der Waals surface area contributed by atoms with E-state index in [0.717, 1.165) is 43.9 Å². The van der Waals surface area contributed by atoms with E-state index in [1.165, 1.54) is 37.7 Å². The second kappa shape index (κ2) is 7.85. The van der Waals surface area contributed by atoms with Gasteiger partial charge in [0, 0.05) is 13.0 Å². The highest BCUT2D eigenvalue weighted by Gasteiger charge is 2.30. The minimum Gasteiger partial charge on any atom is -0.497 e. The summed E-state index contributed by atoms with van der Waals surface area (Å²) in [5.74, 6) is 2.02. The van der Waals surface area contributed by atoms with Crippen molar-refractivity contribution in [2.75, 3.05) is 13.7 Å². The number of hydrogen-bond acceptors (Lipinski definition) is 2. The number of methoxy groups -OCH3 is 1. The fourth-order valence-corrected chi connectivity index (χ4v) is 4.18. The van der Waals surface area contributed by atoms with E-state index in [4.69, 9.17) is 4.74 Å². The van der Waals surface area contributed by atoms with Crippen LogP contribution < -0.4 is 4.74 Å². The quantitative estimate of drug-likeness (QED) is 0.787. The lowest BCUT2D eigenvalue weighted by atomic mass is 9.86. The van der Waals surface area contributed by atoms with Gasteiger partial charge in [0.2, 0.25) is 5.91 Å². The fourth-order valence-electron chi connectivity index (χ4n) is 4.18. The molecule has 3 rings (SSSR count). The lowest BCUT2D eigenvalue weighted by Gasteiger charge is -2.27. The van der Waals surface area contributed by atoms with Crippen LogP contribution in [0.25, 0.3) is 0 Å². The molecule has 0 spiro atoms. The number of carbonyl (C=O) groups excluding carboxylic acids is 1. The summed E-state index contributed by atoms with van der Waals surface area (Å²) in [6, 6.07) is 8.48. The molecule has 3 heteroatoms. The average Bonchev–Trinajstić information content (AvgIpc) is 3.10. The fraction of sp³-hybridized carbons (Fsp3) is 0.650. The first-order valence-electron chi connectivity index (χ1n) is 9.21. The van der Waals surface area contributed by atoms with E-state index in [0.29, 0.717) is 5.91 Å². The van der Waals surface area contributed by atoms with Gasteiger partial charge in [-0.1, -0.05) is 44.2 Å². The van der Waals surface area contributed by atoms with Crippen molar-refractivity contribution in [1.82, 2.24) is 4.90 Å². The Hall–Kier alpha value is -1.51. The second-order valence-electron chi connectivity index (χ2n) is 7.06. The molecular formula is C20H29NO2. The van der Waals surface area contributed by atoms with Gasteiger partial charge in [0.15, 0.2) is 0 Å². The molecular weight excluding hydrogens is 286 g/mol. The molecule has 1 aromatic carbocycles. The molecule has 1 aromatic rings. The van der Waals surface area contributed by atoms with E-state index < -0.39 is 0 Å². The van der Waals surface area contributed by atoms with Gasteiger partial charge in [0.05, 0.1) is 13.2 Å². The third-order valence-corrected chi connectivity index (χ3v) is 5.56. The Kier molecular flexibility index (Phi) is 5.58. The van der Waals surface area contributed by atoms with Crippen molar-refractivity contribution in [2.45, 2.75) is 63.8 Å². The summed E-state index contributed by atoms with van der Waals surface area (Å²) in [4.78, 5) is 14.8. The molecule has 126 valence electrons. The first kappa shape index (κ1) is 16.4. The van der Waals surface area contributed by atoms with Crippen LogP contribution in [0, 0.1) is 5.92 Å². The largest absolute Gasteiger partial charge is 0.497 e. The van der Waals surface area contributed by atoms with Crippen LogP contribution in [-0.4, -0.2) is 24.5 Å².